The van der Waals surface area contributed by atoms with Crippen molar-refractivity contribution in [1.29, 1.82) is 0 Å². The first-order valence-corrected chi connectivity index (χ1v) is 5.05. The highest BCUT2D eigenvalue weighted by atomic mass is 16.5. The van der Waals surface area contributed by atoms with Gasteiger partial charge in [-0.3, -0.25) is 4.98 Å². The van der Waals surface area contributed by atoms with Gasteiger partial charge in [0, 0.05) is 6.20 Å². The summed E-state index contributed by atoms with van der Waals surface area (Å²) in [6.07, 6.45) is 4.56. The Morgan fingerprint density at radius 3 is 2.60 bits per heavy atom. The number of ether oxygens (including phenoxy) is 1. The second-order valence-corrected chi connectivity index (χ2v) is 3.30. The summed E-state index contributed by atoms with van der Waals surface area (Å²) in [5, 5.41) is 0. The molecule has 0 amide bonds. The summed E-state index contributed by atoms with van der Waals surface area (Å²) in [6, 6.07) is 11.7. The number of pyridine rings is 1. The molecule has 0 bridgehead atoms. The molecule has 76 valence electrons. The molecule has 1 aromatic carbocycles. The Bertz CT molecular complexity index is 426. The van der Waals surface area contributed by atoms with Crippen molar-refractivity contribution in [1.82, 2.24) is 4.98 Å². The maximum absolute atomic E-state index is 5.66. The molecule has 0 aliphatic carbocycles. The number of nitrogens with zero attached hydrogens (tertiary/aromatic N) is 1. The summed E-state index contributed by atoms with van der Waals surface area (Å²) in [6.45, 7) is 2.10. The van der Waals surface area contributed by atoms with E-state index in [0.29, 0.717) is 0 Å². The lowest BCUT2D eigenvalue weighted by Crippen LogP contribution is -1.87. The van der Waals surface area contributed by atoms with Crippen LogP contribution in [0.5, 0.6) is 11.5 Å². The third-order valence-electron chi connectivity index (χ3n) is 2.16. The SMILES string of the molecule is CCc1cncc(Oc2ccccc2)c1. The summed E-state index contributed by atoms with van der Waals surface area (Å²) in [4.78, 5) is 4.13. The molecule has 0 N–H and O–H groups in total. The summed E-state index contributed by atoms with van der Waals surface area (Å²) in [7, 11) is 0. The van der Waals surface area contributed by atoms with E-state index in [1.165, 1.54) is 5.56 Å². The van der Waals surface area contributed by atoms with Crippen LogP contribution in [0, 0.1) is 0 Å². The summed E-state index contributed by atoms with van der Waals surface area (Å²) in [5.41, 5.74) is 1.18. The lowest BCUT2D eigenvalue weighted by atomic mass is 10.2. The van der Waals surface area contributed by atoms with E-state index in [4.69, 9.17) is 4.74 Å². The third kappa shape index (κ3) is 2.56. The molecule has 0 aliphatic heterocycles. The van der Waals surface area contributed by atoms with E-state index in [1.54, 1.807) is 6.20 Å². The number of aromatic nitrogens is 1. The molecule has 15 heavy (non-hydrogen) atoms. The first-order valence-electron chi connectivity index (χ1n) is 5.05. The van der Waals surface area contributed by atoms with Crippen LogP contribution < -0.4 is 4.74 Å². The third-order valence-corrected chi connectivity index (χ3v) is 2.16. The molecule has 0 unspecified atom stereocenters. The monoisotopic (exact) mass is 199 g/mol. The fourth-order valence-electron chi connectivity index (χ4n) is 1.34. The number of rotatable bonds is 3. The fourth-order valence-corrected chi connectivity index (χ4v) is 1.34. The molecule has 2 nitrogen and oxygen atoms in total. The molecule has 0 radical (unpaired) electrons. The van der Waals surface area contributed by atoms with Gasteiger partial charge in [0.15, 0.2) is 0 Å². The maximum Gasteiger partial charge on any atom is 0.145 e. The number of hydrogen-bond acceptors (Lipinski definition) is 2. The minimum Gasteiger partial charge on any atom is -0.456 e. The Balaban J connectivity index is 2.17. The van der Waals surface area contributed by atoms with E-state index >= 15 is 0 Å². The minimum atomic E-state index is 0.792. The lowest BCUT2D eigenvalue weighted by Gasteiger charge is -2.05. The van der Waals surface area contributed by atoms with Crippen LogP contribution in [-0.2, 0) is 6.42 Å². The molecule has 2 aromatic rings. The molecular weight excluding hydrogens is 186 g/mol. The van der Waals surface area contributed by atoms with Crippen molar-refractivity contribution in [3.05, 3.63) is 54.4 Å². The smallest absolute Gasteiger partial charge is 0.145 e. The van der Waals surface area contributed by atoms with Gasteiger partial charge in [0.2, 0.25) is 0 Å². The average Bonchev–Trinajstić information content (AvgIpc) is 2.31. The van der Waals surface area contributed by atoms with Gasteiger partial charge in [0.05, 0.1) is 6.20 Å². The van der Waals surface area contributed by atoms with Gasteiger partial charge in [0.1, 0.15) is 11.5 Å². The van der Waals surface area contributed by atoms with Crippen LogP contribution in [0.25, 0.3) is 0 Å². The van der Waals surface area contributed by atoms with Crippen LogP contribution >= 0.6 is 0 Å². The first-order chi connectivity index (χ1) is 7.38. The van der Waals surface area contributed by atoms with Crippen molar-refractivity contribution in [2.24, 2.45) is 0 Å². The number of aryl methyl sites for hydroxylation is 1. The van der Waals surface area contributed by atoms with Crippen molar-refractivity contribution in [2.75, 3.05) is 0 Å². The minimum absolute atomic E-state index is 0.792. The zero-order chi connectivity index (χ0) is 10.5. The predicted octanol–water partition coefficient (Wildman–Crippen LogP) is 3.44. The van der Waals surface area contributed by atoms with Crippen LogP contribution in [-0.4, -0.2) is 4.98 Å². The molecular formula is C13H13NO. The van der Waals surface area contributed by atoms with Gasteiger partial charge in [-0.25, -0.2) is 0 Å². The van der Waals surface area contributed by atoms with Gasteiger partial charge < -0.3 is 4.74 Å². The van der Waals surface area contributed by atoms with Crippen molar-refractivity contribution in [3.63, 3.8) is 0 Å². The first kappa shape index (κ1) is 9.71. The van der Waals surface area contributed by atoms with E-state index in [2.05, 4.69) is 11.9 Å². The second kappa shape index (κ2) is 4.60. The zero-order valence-corrected chi connectivity index (χ0v) is 8.68. The van der Waals surface area contributed by atoms with Gasteiger partial charge in [-0.05, 0) is 30.2 Å². The van der Waals surface area contributed by atoms with E-state index in [1.807, 2.05) is 42.6 Å². The van der Waals surface area contributed by atoms with Crippen molar-refractivity contribution in [3.8, 4) is 11.5 Å². The molecule has 0 spiro atoms. The van der Waals surface area contributed by atoms with E-state index < -0.39 is 0 Å². The Hall–Kier alpha value is -1.83. The molecule has 0 saturated heterocycles. The fraction of sp³-hybridized carbons (Fsp3) is 0.154. The quantitative estimate of drug-likeness (QED) is 0.755. The largest absolute Gasteiger partial charge is 0.456 e. The Kier molecular flexibility index (Phi) is 2.98. The van der Waals surface area contributed by atoms with Gasteiger partial charge >= 0.3 is 0 Å². The Morgan fingerprint density at radius 1 is 1.07 bits per heavy atom. The van der Waals surface area contributed by atoms with Crippen molar-refractivity contribution >= 4 is 0 Å². The van der Waals surface area contributed by atoms with E-state index in [-0.39, 0.29) is 0 Å². The molecule has 1 aromatic heterocycles. The van der Waals surface area contributed by atoms with Gasteiger partial charge in [-0.2, -0.15) is 0 Å². The highest BCUT2D eigenvalue weighted by molar-refractivity contribution is 5.30. The lowest BCUT2D eigenvalue weighted by molar-refractivity contribution is 0.479. The molecule has 0 aliphatic rings. The highest BCUT2D eigenvalue weighted by Crippen LogP contribution is 2.20. The van der Waals surface area contributed by atoms with Crippen molar-refractivity contribution < 1.29 is 4.74 Å². The Labute approximate surface area is 89.6 Å². The molecule has 0 saturated carbocycles. The van der Waals surface area contributed by atoms with Gasteiger partial charge in [0.25, 0.3) is 0 Å². The number of benzene rings is 1. The standard InChI is InChI=1S/C13H13NO/c1-2-11-8-13(10-14-9-11)15-12-6-4-3-5-7-12/h3-10H,2H2,1H3. The molecule has 1 heterocycles. The molecule has 0 atom stereocenters. The van der Waals surface area contributed by atoms with Crippen LogP contribution in [0.1, 0.15) is 12.5 Å². The number of hydrogen-bond donors (Lipinski definition) is 0. The van der Waals surface area contributed by atoms with Gasteiger partial charge in [-0.1, -0.05) is 25.1 Å². The number of para-hydroxylation sites is 1. The normalized spacial score (nSPS) is 9.93. The van der Waals surface area contributed by atoms with Gasteiger partial charge in [-0.15, -0.1) is 0 Å². The average molecular weight is 199 g/mol. The van der Waals surface area contributed by atoms with Crippen LogP contribution in [0.3, 0.4) is 0 Å². The predicted molar refractivity (Wildman–Crippen MR) is 60.1 cm³/mol. The van der Waals surface area contributed by atoms with E-state index in [9.17, 15) is 0 Å². The second-order valence-electron chi connectivity index (χ2n) is 3.30. The van der Waals surface area contributed by atoms with Crippen LogP contribution in [0.15, 0.2) is 48.8 Å². The zero-order valence-electron chi connectivity index (χ0n) is 8.68. The summed E-state index contributed by atoms with van der Waals surface area (Å²) >= 11 is 0. The topological polar surface area (TPSA) is 22.1 Å². The Morgan fingerprint density at radius 2 is 1.87 bits per heavy atom. The van der Waals surface area contributed by atoms with Crippen LogP contribution in [0.4, 0.5) is 0 Å². The summed E-state index contributed by atoms with van der Waals surface area (Å²) < 4.78 is 5.66. The molecule has 2 heteroatoms. The highest BCUT2D eigenvalue weighted by Gasteiger charge is 1.97. The van der Waals surface area contributed by atoms with Crippen LogP contribution in [0.2, 0.25) is 0 Å². The van der Waals surface area contributed by atoms with E-state index in [0.717, 1.165) is 17.9 Å². The summed E-state index contributed by atoms with van der Waals surface area (Å²) in [5.74, 6) is 1.63. The molecule has 2 rings (SSSR count). The molecule has 0 fully saturated rings. The maximum atomic E-state index is 5.66. The van der Waals surface area contributed by atoms with Crippen molar-refractivity contribution in [2.45, 2.75) is 13.3 Å².